The summed E-state index contributed by atoms with van der Waals surface area (Å²) in [5, 5.41) is 16.5. The second kappa shape index (κ2) is 17.6. The highest BCUT2D eigenvalue weighted by Gasteiger charge is 2.30. The summed E-state index contributed by atoms with van der Waals surface area (Å²) in [4.78, 5) is 59.5. The van der Waals surface area contributed by atoms with Crippen LogP contribution in [-0.2, 0) is 29.4 Å². The third-order valence-electron chi connectivity index (χ3n) is 8.77. The van der Waals surface area contributed by atoms with Gasteiger partial charge in [0, 0.05) is 93.8 Å². The number of pyridine rings is 2. The van der Waals surface area contributed by atoms with Gasteiger partial charge in [-0.25, -0.2) is 19.6 Å². The Bertz CT molecular complexity index is 2200. The SMILES string of the molecule is COc1ccc(CN2CCN(C(=O)c3cc4cc(Oc5ccc(N(C)C(=O)c6ccc(C(F)(F)F)cc6)cn5)ccc4n3C)CC2)cn1.O=C(O)C=CC(=O)O. The van der Waals surface area contributed by atoms with Gasteiger partial charge in [0.05, 0.1) is 24.6 Å². The number of aromatic nitrogens is 3. The maximum atomic E-state index is 13.5. The van der Waals surface area contributed by atoms with Crippen LogP contribution in [0.5, 0.6) is 17.5 Å². The Labute approximate surface area is 318 Å². The lowest BCUT2D eigenvalue weighted by molar-refractivity contribution is -0.137. The molecule has 14 nitrogen and oxygen atoms in total. The number of hydrogen-bond acceptors (Lipinski definition) is 9. The van der Waals surface area contributed by atoms with E-state index in [1.165, 1.54) is 18.1 Å². The Balaban J connectivity index is 0.000000677. The molecule has 1 aliphatic heterocycles. The number of aliphatic carboxylic acids is 2. The first-order valence-electron chi connectivity index (χ1n) is 17.0. The predicted octanol–water partition coefficient (Wildman–Crippen LogP) is 5.73. The fourth-order valence-electron chi connectivity index (χ4n) is 5.76. The second-order valence-electron chi connectivity index (χ2n) is 12.5. The van der Waals surface area contributed by atoms with E-state index in [1.807, 2.05) is 53.0 Å². The molecule has 1 aliphatic rings. The molecule has 0 atom stereocenters. The topological polar surface area (TPSA) is 168 Å². The van der Waals surface area contributed by atoms with E-state index in [0.29, 0.717) is 48.3 Å². The van der Waals surface area contributed by atoms with Crippen molar-refractivity contribution in [2.45, 2.75) is 12.7 Å². The monoisotopic (exact) mass is 774 g/mol. The molecular weight excluding hydrogens is 737 g/mol. The number of piperazine rings is 1. The van der Waals surface area contributed by atoms with Gasteiger partial charge in [0.25, 0.3) is 11.8 Å². The Hall–Kier alpha value is -6.75. The normalized spacial score (nSPS) is 13.2. The first-order chi connectivity index (χ1) is 26.6. The molecule has 3 aromatic heterocycles. The molecule has 5 aromatic rings. The summed E-state index contributed by atoms with van der Waals surface area (Å²) in [5.41, 5.74) is 2.28. The summed E-state index contributed by atoms with van der Waals surface area (Å²) >= 11 is 0. The third kappa shape index (κ3) is 10.3. The fourth-order valence-corrected chi connectivity index (χ4v) is 5.76. The lowest BCUT2D eigenvalue weighted by Crippen LogP contribution is -2.48. The van der Waals surface area contributed by atoms with E-state index in [1.54, 1.807) is 25.3 Å². The maximum Gasteiger partial charge on any atom is 0.416 e. The molecule has 17 heteroatoms. The fraction of sp³-hybridized carbons (Fsp3) is 0.231. The molecule has 6 rings (SSSR count). The summed E-state index contributed by atoms with van der Waals surface area (Å²) in [6.07, 6.45) is -0.106. The van der Waals surface area contributed by atoms with Crippen LogP contribution in [0.1, 0.15) is 32.0 Å². The van der Waals surface area contributed by atoms with E-state index < -0.39 is 29.6 Å². The number of methoxy groups -OCH3 is 1. The number of anilines is 1. The van der Waals surface area contributed by atoms with E-state index in [-0.39, 0.29) is 17.4 Å². The van der Waals surface area contributed by atoms with E-state index in [2.05, 4.69) is 14.9 Å². The summed E-state index contributed by atoms with van der Waals surface area (Å²) in [6.45, 7) is 3.50. The molecule has 4 heterocycles. The number of aryl methyl sites for hydroxylation is 1. The Morgan fingerprint density at radius 2 is 1.48 bits per heavy atom. The van der Waals surface area contributed by atoms with Crippen LogP contribution in [0.2, 0.25) is 0 Å². The largest absolute Gasteiger partial charge is 0.481 e. The average Bonchev–Trinajstić information content (AvgIpc) is 3.52. The van der Waals surface area contributed by atoms with Gasteiger partial charge in [0.15, 0.2) is 0 Å². The molecular formula is C39H37F3N6O8. The van der Waals surface area contributed by atoms with Crippen molar-refractivity contribution in [1.82, 2.24) is 24.3 Å². The number of rotatable bonds is 10. The molecule has 0 aliphatic carbocycles. The smallest absolute Gasteiger partial charge is 0.416 e. The highest BCUT2D eigenvalue weighted by molar-refractivity contribution is 6.05. The van der Waals surface area contributed by atoms with Crippen LogP contribution >= 0.6 is 0 Å². The number of hydrogen-bond donors (Lipinski definition) is 2. The highest BCUT2D eigenvalue weighted by Crippen LogP contribution is 2.30. The molecule has 292 valence electrons. The lowest BCUT2D eigenvalue weighted by atomic mass is 10.1. The van der Waals surface area contributed by atoms with Crippen LogP contribution in [0.25, 0.3) is 10.9 Å². The average molecular weight is 775 g/mol. The Morgan fingerprint density at radius 1 is 0.839 bits per heavy atom. The van der Waals surface area contributed by atoms with Crippen LogP contribution in [0.4, 0.5) is 18.9 Å². The molecule has 0 saturated carbocycles. The lowest BCUT2D eigenvalue weighted by Gasteiger charge is -2.34. The molecule has 0 unspecified atom stereocenters. The number of halogens is 3. The standard InChI is InChI=1S/C35H33F3N6O4.C4H4O4/c1-41(33(45)24-5-7-26(8-6-24)35(36,37)38)27-9-13-32(40-21-27)48-28-10-11-29-25(18-28)19-30(42(29)2)34(46)44-16-14-43(15-17-44)22-23-4-12-31(47-3)39-20-23;5-3(6)1-2-4(7)8/h4-13,18-21H,14-17,22H2,1-3H3;1-2H,(H,5,6)(H,7,8). The van der Waals surface area contributed by atoms with E-state index >= 15 is 0 Å². The van der Waals surface area contributed by atoms with Gasteiger partial charge in [-0.1, -0.05) is 6.07 Å². The van der Waals surface area contributed by atoms with Gasteiger partial charge in [0.1, 0.15) is 11.4 Å². The number of amides is 2. The zero-order valence-electron chi connectivity index (χ0n) is 30.4. The minimum atomic E-state index is -4.48. The number of carboxylic acid groups (broad SMARTS) is 2. The summed E-state index contributed by atoms with van der Waals surface area (Å²) in [7, 11) is 4.97. The Kier molecular flexibility index (Phi) is 12.7. The van der Waals surface area contributed by atoms with E-state index in [4.69, 9.17) is 19.7 Å². The summed E-state index contributed by atoms with van der Waals surface area (Å²) in [5.74, 6) is -1.65. The molecule has 0 spiro atoms. The molecule has 0 bridgehead atoms. The van der Waals surface area contributed by atoms with Gasteiger partial charge in [-0.15, -0.1) is 0 Å². The van der Waals surface area contributed by atoms with Crippen LogP contribution in [-0.4, -0.2) is 98.6 Å². The number of carbonyl (C=O) groups excluding carboxylic acids is 2. The zero-order chi connectivity index (χ0) is 40.6. The van der Waals surface area contributed by atoms with Crippen molar-refractivity contribution < 1.29 is 52.0 Å². The van der Waals surface area contributed by atoms with Crippen LogP contribution in [0, 0.1) is 0 Å². The van der Waals surface area contributed by atoms with E-state index in [0.717, 1.165) is 60.4 Å². The quantitative estimate of drug-likeness (QED) is 0.166. The molecule has 2 N–H and O–H groups in total. The number of fused-ring (bicyclic) bond motifs is 1. The number of carbonyl (C=O) groups is 4. The molecule has 2 aromatic carbocycles. The van der Waals surface area contributed by atoms with Crippen LogP contribution in [0.15, 0.2) is 97.3 Å². The van der Waals surface area contributed by atoms with Crippen molar-refractivity contribution >= 4 is 40.3 Å². The minimum absolute atomic E-state index is 0.0332. The van der Waals surface area contributed by atoms with Crippen molar-refractivity contribution in [3.8, 4) is 17.5 Å². The number of ether oxygens (including phenoxy) is 2. The van der Waals surface area contributed by atoms with Crippen molar-refractivity contribution in [2.75, 3.05) is 45.2 Å². The number of alkyl halides is 3. The molecule has 1 saturated heterocycles. The van der Waals surface area contributed by atoms with Crippen molar-refractivity contribution in [3.05, 3.63) is 120 Å². The van der Waals surface area contributed by atoms with Gasteiger partial charge >= 0.3 is 18.1 Å². The minimum Gasteiger partial charge on any atom is -0.481 e. The number of carboxylic acids is 2. The molecule has 2 amide bonds. The molecule has 56 heavy (non-hydrogen) atoms. The summed E-state index contributed by atoms with van der Waals surface area (Å²) in [6, 6.07) is 18.5. The van der Waals surface area contributed by atoms with Gasteiger partial charge in [-0.3, -0.25) is 14.5 Å². The second-order valence-corrected chi connectivity index (χ2v) is 12.5. The first-order valence-corrected chi connectivity index (χ1v) is 17.0. The number of benzene rings is 2. The van der Waals surface area contributed by atoms with Crippen molar-refractivity contribution in [1.29, 1.82) is 0 Å². The predicted molar refractivity (Wildman–Crippen MR) is 198 cm³/mol. The highest BCUT2D eigenvalue weighted by atomic mass is 19.4. The molecule has 1 fully saturated rings. The maximum absolute atomic E-state index is 13.5. The van der Waals surface area contributed by atoms with Crippen LogP contribution < -0.4 is 14.4 Å². The number of nitrogens with zero attached hydrogens (tertiary/aromatic N) is 6. The zero-order valence-corrected chi connectivity index (χ0v) is 30.4. The third-order valence-corrected chi connectivity index (χ3v) is 8.77. The van der Waals surface area contributed by atoms with Crippen LogP contribution in [0.3, 0.4) is 0 Å². The summed E-state index contributed by atoms with van der Waals surface area (Å²) < 4.78 is 51.6. The van der Waals surface area contributed by atoms with Crippen molar-refractivity contribution in [2.24, 2.45) is 7.05 Å². The van der Waals surface area contributed by atoms with Gasteiger partial charge in [0.2, 0.25) is 11.8 Å². The van der Waals surface area contributed by atoms with Crippen molar-refractivity contribution in [3.63, 3.8) is 0 Å². The van der Waals surface area contributed by atoms with Gasteiger partial charge < -0.3 is 34.1 Å². The first kappa shape index (κ1) is 40.4. The van der Waals surface area contributed by atoms with Gasteiger partial charge in [-0.2, -0.15) is 13.2 Å². The van der Waals surface area contributed by atoms with Gasteiger partial charge in [-0.05, 0) is 60.2 Å². The Morgan fingerprint density at radius 3 is 2.04 bits per heavy atom. The van der Waals surface area contributed by atoms with E-state index in [9.17, 15) is 32.3 Å². The molecule has 0 radical (unpaired) electrons.